The smallest absolute Gasteiger partial charge is 0.289 e. The van der Waals surface area contributed by atoms with Gasteiger partial charge in [0.2, 0.25) is 5.91 Å². The van der Waals surface area contributed by atoms with Gasteiger partial charge < -0.3 is 30.5 Å². The molecule has 1 aliphatic rings. The second-order valence-corrected chi connectivity index (χ2v) is 9.97. The highest BCUT2D eigenvalue weighted by atomic mass is 19.3. The molecular weight excluding hydrogens is 550 g/mol. The number of amides is 3. The van der Waals surface area contributed by atoms with Crippen molar-refractivity contribution in [2.75, 3.05) is 31.7 Å². The van der Waals surface area contributed by atoms with Gasteiger partial charge in [-0.1, -0.05) is 19.9 Å². The topological polar surface area (TPSA) is 131 Å². The molecule has 1 unspecified atom stereocenters. The van der Waals surface area contributed by atoms with Crippen LogP contribution in [0.3, 0.4) is 0 Å². The van der Waals surface area contributed by atoms with Gasteiger partial charge in [0.05, 0.1) is 19.3 Å². The maximum atomic E-state index is 15.1. The zero-order valence-corrected chi connectivity index (χ0v) is 22.7. The number of fused-ring (bicyclic) bond motifs is 1. The van der Waals surface area contributed by atoms with Crippen molar-refractivity contribution in [3.8, 4) is 5.75 Å². The lowest BCUT2D eigenvalue weighted by Gasteiger charge is -2.36. The third kappa shape index (κ3) is 7.54. The van der Waals surface area contributed by atoms with Crippen molar-refractivity contribution in [2.45, 2.75) is 45.1 Å². The summed E-state index contributed by atoms with van der Waals surface area (Å²) in [5, 5.41) is 12.5. The Kier molecular flexibility index (Phi) is 9.97. The third-order valence-corrected chi connectivity index (χ3v) is 6.35. The number of carbonyl (C=O) groups is 3. The highest BCUT2D eigenvalue weighted by Gasteiger charge is 2.38. The summed E-state index contributed by atoms with van der Waals surface area (Å²) in [7, 11) is 0. The number of halogens is 4. The molecule has 0 aromatic heterocycles. The van der Waals surface area contributed by atoms with E-state index in [1.54, 1.807) is 25.1 Å². The summed E-state index contributed by atoms with van der Waals surface area (Å²) in [6, 6.07) is 5.21. The molecule has 41 heavy (non-hydrogen) atoms. The molecule has 0 fully saturated rings. The first-order chi connectivity index (χ1) is 19.2. The van der Waals surface area contributed by atoms with Crippen LogP contribution in [-0.4, -0.2) is 60.5 Å². The van der Waals surface area contributed by atoms with Crippen LogP contribution >= 0.6 is 0 Å². The monoisotopic (exact) mass is 581 g/mol. The summed E-state index contributed by atoms with van der Waals surface area (Å²) in [5.41, 5.74) is 4.05. The molecule has 0 radical (unpaired) electrons. The molecule has 13 heteroatoms. The number of benzene rings is 2. The van der Waals surface area contributed by atoms with E-state index in [1.807, 2.05) is 0 Å². The van der Waals surface area contributed by atoms with Gasteiger partial charge in [0, 0.05) is 23.2 Å². The second-order valence-electron chi connectivity index (χ2n) is 9.97. The Morgan fingerprint density at radius 1 is 1.20 bits per heavy atom. The fraction of sp³-hybridized carbons (Fsp3) is 0.393. The Balaban J connectivity index is 1.95. The molecule has 2 aromatic rings. The Labute approximate surface area is 233 Å². The number of hydrogen-bond donors (Lipinski definition) is 3. The van der Waals surface area contributed by atoms with E-state index < -0.39 is 71.8 Å². The van der Waals surface area contributed by atoms with Gasteiger partial charge >= 0.3 is 0 Å². The van der Waals surface area contributed by atoms with Crippen molar-refractivity contribution in [1.82, 2.24) is 4.90 Å². The van der Waals surface area contributed by atoms with Gasteiger partial charge in [-0.15, -0.1) is 0 Å². The van der Waals surface area contributed by atoms with Crippen LogP contribution in [0, 0.1) is 11.6 Å². The third-order valence-electron chi connectivity index (χ3n) is 6.35. The highest BCUT2D eigenvalue weighted by molar-refractivity contribution is 6.03. The van der Waals surface area contributed by atoms with Crippen molar-refractivity contribution in [2.24, 2.45) is 5.73 Å². The number of nitrogens with one attached hydrogen (secondary N) is 1. The quantitative estimate of drug-likeness (QED) is 0.210. The van der Waals surface area contributed by atoms with Crippen LogP contribution in [0.2, 0.25) is 0 Å². The van der Waals surface area contributed by atoms with E-state index in [1.165, 1.54) is 13.8 Å². The van der Waals surface area contributed by atoms with Crippen LogP contribution in [0.5, 0.6) is 5.75 Å². The lowest BCUT2D eigenvalue weighted by molar-refractivity contribution is -0.138. The lowest BCUT2D eigenvalue weighted by atomic mass is 9.84. The molecule has 4 N–H and O–H groups in total. The molecule has 0 spiro atoms. The first kappa shape index (κ1) is 31.4. The molecule has 222 valence electrons. The summed E-state index contributed by atoms with van der Waals surface area (Å²) in [6.45, 7) is 3.69. The maximum absolute atomic E-state index is 15.1. The van der Waals surface area contributed by atoms with Gasteiger partial charge in [-0.3, -0.25) is 14.4 Å². The number of ether oxygens (including phenoxy) is 2. The van der Waals surface area contributed by atoms with Crippen molar-refractivity contribution in [3.63, 3.8) is 0 Å². The first-order valence-corrected chi connectivity index (χ1v) is 12.7. The summed E-state index contributed by atoms with van der Waals surface area (Å²) in [5.74, 6) is -5.55. The number of aliphatic hydroxyl groups excluding tert-OH is 1. The standard InChI is InChI=1S/C28H31F4N3O6/c1-4-41-17-5-6-18-15(9-17)7-8-35(27(39)21(36)12-23(33)37)25(18)26(38)34-16-10-19(29)24(20(30)11-16)28(2,3)14-40-13-22(31)32/h5-6,9-12,22,25,36H,4,7-8,13-14H2,1-3H3,(H2,33,37)(H,34,38)/b21-12-. The van der Waals surface area contributed by atoms with Crippen LogP contribution in [0.4, 0.5) is 23.2 Å². The molecular formula is C28H31F4N3O6. The predicted octanol–water partition coefficient (Wildman–Crippen LogP) is 3.91. The van der Waals surface area contributed by atoms with E-state index in [0.29, 0.717) is 29.6 Å². The van der Waals surface area contributed by atoms with Gasteiger partial charge in [-0.2, -0.15) is 0 Å². The van der Waals surface area contributed by atoms with Crippen molar-refractivity contribution < 1.29 is 46.5 Å². The van der Waals surface area contributed by atoms with Gasteiger partial charge in [-0.25, -0.2) is 17.6 Å². The molecule has 0 saturated heterocycles. The minimum absolute atomic E-state index is 0.0510. The number of hydrogen-bond acceptors (Lipinski definition) is 6. The molecule has 3 rings (SSSR count). The Morgan fingerprint density at radius 3 is 2.44 bits per heavy atom. The van der Waals surface area contributed by atoms with E-state index in [0.717, 1.165) is 17.0 Å². The molecule has 1 aliphatic heterocycles. The predicted molar refractivity (Wildman–Crippen MR) is 141 cm³/mol. The Hall–Kier alpha value is -4.13. The minimum Gasteiger partial charge on any atom is -0.503 e. The molecule has 3 amide bonds. The SMILES string of the molecule is CCOc1ccc2c(c1)CCN(C(=O)/C(O)=C/C(N)=O)C2C(=O)Nc1cc(F)c(C(C)(C)COCC(F)F)c(F)c1. The summed E-state index contributed by atoms with van der Waals surface area (Å²) in [4.78, 5) is 38.8. The van der Waals surface area contributed by atoms with Crippen molar-refractivity contribution in [1.29, 1.82) is 0 Å². The van der Waals surface area contributed by atoms with Crippen LogP contribution in [-0.2, 0) is 31.0 Å². The van der Waals surface area contributed by atoms with E-state index in [9.17, 15) is 28.3 Å². The average molecular weight is 582 g/mol. The van der Waals surface area contributed by atoms with Gasteiger partial charge in [0.15, 0.2) is 5.76 Å². The molecule has 2 aromatic carbocycles. The first-order valence-electron chi connectivity index (χ1n) is 12.7. The zero-order valence-electron chi connectivity index (χ0n) is 22.7. The van der Waals surface area contributed by atoms with Crippen molar-refractivity contribution in [3.05, 3.63) is 70.5 Å². The number of carbonyl (C=O) groups excluding carboxylic acids is 3. The number of rotatable bonds is 11. The van der Waals surface area contributed by atoms with E-state index in [4.69, 9.17) is 15.2 Å². The molecule has 9 nitrogen and oxygen atoms in total. The number of nitrogens with zero attached hydrogens (tertiary/aromatic N) is 1. The van der Waals surface area contributed by atoms with Crippen molar-refractivity contribution >= 4 is 23.4 Å². The number of aliphatic hydroxyl groups is 1. The second kappa shape index (κ2) is 13.0. The summed E-state index contributed by atoms with van der Waals surface area (Å²) < 4.78 is 65.5. The van der Waals surface area contributed by atoms with E-state index in [2.05, 4.69) is 5.32 Å². The largest absolute Gasteiger partial charge is 0.503 e. The highest BCUT2D eigenvalue weighted by Crippen LogP contribution is 2.35. The number of nitrogens with two attached hydrogens (primary N) is 1. The molecule has 1 atom stereocenters. The fourth-order valence-corrected chi connectivity index (χ4v) is 4.68. The molecule has 1 heterocycles. The number of alkyl halides is 2. The molecule has 0 aliphatic carbocycles. The van der Waals surface area contributed by atoms with Crippen LogP contribution in [0.15, 0.2) is 42.2 Å². The van der Waals surface area contributed by atoms with Crippen LogP contribution < -0.4 is 15.8 Å². The van der Waals surface area contributed by atoms with Gasteiger partial charge in [-0.05, 0) is 48.7 Å². The summed E-state index contributed by atoms with van der Waals surface area (Å²) >= 11 is 0. The average Bonchev–Trinajstić information content (AvgIpc) is 2.86. The van der Waals surface area contributed by atoms with Gasteiger partial charge in [0.1, 0.15) is 30.0 Å². The Bertz CT molecular complexity index is 1330. The fourth-order valence-electron chi connectivity index (χ4n) is 4.68. The number of anilines is 1. The molecule has 0 saturated carbocycles. The number of primary amides is 1. The lowest BCUT2D eigenvalue weighted by Crippen LogP contribution is -2.46. The van der Waals surface area contributed by atoms with E-state index >= 15 is 8.78 Å². The Morgan fingerprint density at radius 2 is 1.85 bits per heavy atom. The van der Waals surface area contributed by atoms with Crippen LogP contribution in [0.1, 0.15) is 43.5 Å². The normalized spacial score (nSPS) is 15.5. The molecule has 0 bridgehead atoms. The van der Waals surface area contributed by atoms with Gasteiger partial charge in [0.25, 0.3) is 18.2 Å². The van der Waals surface area contributed by atoms with Crippen LogP contribution in [0.25, 0.3) is 0 Å². The zero-order chi connectivity index (χ0) is 30.5. The maximum Gasteiger partial charge on any atom is 0.289 e. The minimum atomic E-state index is -2.74. The summed E-state index contributed by atoms with van der Waals surface area (Å²) in [6.07, 6.45) is -1.95. The van der Waals surface area contributed by atoms with E-state index in [-0.39, 0.29) is 18.7 Å².